The summed E-state index contributed by atoms with van der Waals surface area (Å²) >= 11 is 0. The van der Waals surface area contributed by atoms with E-state index in [1.807, 2.05) is 30.0 Å². The van der Waals surface area contributed by atoms with Gasteiger partial charge in [0.2, 0.25) is 0 Å². The topological polar surface area (TPSA) is 17.8 Å². The van der Waals surface area contributed by atoms with Crippen molar-refractivity contribution in [2.45, 2.75) is 33.2 Å². The van der Waals surface area contributed by atoms with E-state index in [-0.39, 0.29) is 0 Å². The molecule has 0 saturated carbocycles. The van der Waals surface area contributed by atoms with Gasteiger partial charge in [-0.1, -0.05) is 30.9 Å². The zero-order chi connectivity index (χ0) is 12.0. The van der Waals surface area contributed by atoms with Crippen molar-refractivity contribution in [2.75, 3.05) is 0 Å². The van der Waals surface area contributed by atoms with Crippen LogP contribution < -0.4 is 0 Å². The first-order valence-corrected chi connectivity index (χ1v) is 5.62. The summed E-state index contributed by atoms with van der Waals surface area (Å²) in [5, 5.41) is 4.33. The van der Waals surface area contributed by atoms with Crippen LogP contribution in [-0.4, -0.2) is 9.78 Å². The highest BCUT2D eigenvalue weighted by molar-refractivity contribution is 5.23. The molecule has 0 aliphatic carbocycles. The van der Waals surface area contributed by atoms with Gasteiger partial charge in [-0.05, 0) is 38.3 Å². The highest BCUT2D eigenvalue weighted by Gasteiger charge is 2.06. The molecule has 1 atom stereocenters. The van der Waals surface area contributed by atoms with Crippen molar-refractivity contribution in [3.8, 4) is 0 Å². The zero-order valence-corrected chi connectivity index (χ0v) is 10.4. The first kappa shape index (κ1) is 12.5. The van der Waals surface area contributed by atoms with Crippen LogP contribution in [0.25, 0.3) is 0 Å². The second kappa shape index (κ2) is 6.11. The van der Waals surface area contributed by atoms with Crippen molar-refractivity contribution in [2.24, 2.45) is 0 Å². The Hall–Kier alpha value is -1.57. The largest absolute Gasteiger partial charge is 0.269 e. The average molecular weight is 216 g/mol. The summed E-state index contributed by atoms with van der Waals surface area (Å²) in [6.07, 6.45) is 13.0. The van der Waals surface area contributed by atoms with Crippen LogP contribution in [0.1, 0.15) is 31.9 Å². The molecular weight excluding hydrogens is 196 g/mol. The van der Waals surface area contributed by atoms with E-state index < -0.39 is 0 Å². The van der Waals surface area contributed by atoms with Crippen LogP contribution in [0.3, 0.4) is 0 Å². The number of rotatable bonds is 5. The molecule has 0 N–H and O–H groups in total. The minimum atomic E-state index is 0.371. The molecule has 1 unspecified atom stereocenters. The van der Waals surface area contributed by atoms with Crippen molar-refractivity contribution < 1.29 is 0 Å². The Labute approximate surface area is 98.0 Å². The van der Waals surface area contributed by atoms with Crippen molar-refractivity contribution in [1.29, 1.82) is 0 Å². The molecule has 1 rings (SSSR count). The summed E-state index contributed by atoms with van der Waals surface area (Å²) in [5.41, 5.74) is 2.48. The quantitative estimate of drug-likeness (QED) is 0.684. The first-order valence-electron chi connectivity index (χ1n) is 5.62. The third-order valence-electron chi connectivity index (χ3n) is 2.43. The fraction of sp³-hybridized carbons (Fsp3) is 0.357. The van der Waals surface area contributed by atoms with Gasteiger partial charge in [-0.3, -0.25) is 4.68 Å². The second-order valence-corrected chi connectivity index (χ2v) is 4.03. The van der Waals surface area contributed by atoms with Crippen molar-refractivity contribution >= 4 is 0 Å². The van der Waals surface area contributed by atoms with Crippen LogP contribution in [0.5, 0.6) is 0 Å². The van der Waals surface area contributed by atoms with Crippen molar-refractivity contribution in [3.63, 3.8) is 0 Å². The van der Waals surface area contributed by atoms with Gasteiger partial charge >= 0.3 is 0 Å². The summed E-state index contributed by atoms with van der Waals surface area (Å²) in [6, 6.07) is 0.371. The molecule has 2 heteroatoms. The standard InChI is InChI=1S/C14H20N2/c1-5-7-14(8-6-2)9-13(4)16-11-12(3)10-15-16/h5-8,10-11,13H,1,9H2,2-4H3/b8-6-,14-7+. The molecule has 0 aromatic carbocycles. The van der Waals surface area contributed by atoms with E-state index >= 15 is 0 Å². The van der Waals surface area contributed by atoms with E-state index in [0.717, 1.165) is 6.42 Å². The molecule has 0 amide bonds. The number of hydrogen-bond donors (Lipinski definition) is 0. The Balaban J connectivity index is 2.72. The maximum absolute atomic E-state index is 4.33. The molecule has 1 heterocycles. The second-order valence-electron chi connectivity index (χ2n) is 4.03. The number of aromatic nitrogens is 2. The van der Waals surface area contributed by atoms with Gasteiger partial charge in [0.1, 0.15) is 0 Å². The maximum Gasteiger partial charge on any atom is 0.0531 e. The summed E-state index contributed by atoms with van der Waals surface area (Å²) in [4.78, 5) is 0. The molecule has 0 aliphatic heterocycles. The molecule has 0 aliphatic rings. The lowest BCUT2D eigenvalue weighted by Gasteiger charge is -2.12. The summed E-state index contributed by atoms with van der Waals surface area (Å²) in [6.45, 7) is 9.99. The molecule has 2 nitrogen and oxygen atoms in total. The van der Waals surface area contributed by atoms with Crippen LogP contribution in [0, 0.1) is 6.92 Å². The molecule has 0 radical (unpaired) electrons. The van der Waals surface area contributed by atoms with E-state index in [2.05, 4.69) is 43.9 Å². The van der Waals surface area contributed by atoms with Crippen LogP contribution in [0.15, 0.2) is 48.8 Å². The predicted molar refractivity (Wildman–Crippen MR) is 69.4 cm³/mol. The summed E-state index contributed by atoms with van der Waals surface area (Å²) < 4.78 is 2.01. The molecule has 0 bridgehead atoms. The van der Waals surface area contributed by atoms with Gasteiger partial charge in [-0.2, -0.15) is 5.10 Å². The van der Waals surface area contributed by atoms with E-state index in [0.29, 0.717) is 6.04 Å². The van der Waals surface area contributed by atoms with E-state index in [1.165, 1.54) is 11.1 Å². The van der Waals surface area contributed by atoms with E-state index in [1.54, 1.807) is 0 Å². The predicted octanol–water partition coefficient (Wildman–Crippen LogP) is 3.83. The lowest BCUT2D eigenvalue weighted by molar-refractivity contribution is 0.490. The van der Waals surface area contributed by atoms with Gasteiger partial charge in [0.05, 0.1) is 12.2 Å². The summed E-state index contributed by atoms with van der Waals surface area (Å²) in [7, 11) is 0. The smallest absolute Gasteiger partial charge is 0.0531 e. The molecule has 1 aromatic heterocycles. The highest BCUT2D eigenvalue weighted by atomic mass is 15.3. The first-order chi connectivity index (χ1) is 7.67. The highest BCUT2D eigenvalue weighted by Crippen LogP contribution is 2.17. The number of aryl methyl sites for hydroxylation is 1. The van der Waals surface area contributed by atoms with Crippen LogP contribution in [0.4, 0.5) is 0 Å². The number of nitrogens with zero attached hydrogens (tertiary/aromatic N) is 2. The Bertz CT molecular complexity index is 397. The number of hydrogen-bond acceptors (Lipinski definition) is 1. The van der Waals surface area contributed by atoms with Crippen LogP contribution in [-0.2, 0) is 0 Å². The third kappa shape index (κ3) is 3.54. The average Bonchev–Trinajstić information content (AvgIpc) is 2.65. The molecule has 0 saturated heterocycles. The lowest BCUT2D eigenvalue weighted by atomic mass is 10.1. The monoisotopic (exact) mass is 216 g/mol. The Morgan fingerprint density at radius 2 is 2.38 bits per heavy atom. The number of allylic oxidation sites excluding steroid dienone is 5. The van der Waals surface area contributed by atoms with Crippen LogP contribution in [0.2, 0.25) is 0 Å². The molecule has 16 heavy (non-hydrogen) atoms. The maximum atomic E-state index is 4.33. The molecule has 1 aromatic rings. The molecule has 86 valence electrons. The van der Waals surface area contributed by atoms with Gasteiger partial charge in [-0.25, -0.2) is 0 Å². The lowest BCUT2D eigenvalue weighted by Crippen LogP contribution is -2.06. The Morgan fingerprint density at radius 3 is 2.88 bits per heavy atom. The van der Waals surface area contributed by atoms with Gasteiger partial charge in [-0.15, -0.1) is 0 Å². The fourth-order valence-electron chi connectivity index (χ4n) is 1.67. The zero-order valence-electron chi connectivity index (χ0n) is 10.4. The van der Waals surface area contributed by atoms with E-state index in [4.69, 9.17) is 0 Å². The Kier molecular flexibility index (Phi) is 4.77. The molecule has 0 spiro atoms. The third-order valence-corrected chi connectivity index (χ3v) is 2.43. The van der Waals surface area contributed by atoms with Crippen molar-refractivity contribution in [1.82, 2.24) is 9.78 Å². The van der Waals surface area contributed by atoms with Gasteiger partial charge < -0.3 is 0 Å². The normalized spacial score (nSPS) is 14.3. The van der Waals surface area contributed by atoms with Gasteiger partial charge in [0.15, 0.2) is 0 Å². The minimum absolute atomic E-state index is 0.371. The fourth-order valence-corrected chi connectivity index (χ4v) is 1.67. The minimum Gasteiger partial charge on any atom is -0.269 e. The Morgan fingerprint density at radius 1 is 1.62 bits per heavy atom. The van der Waals surface area contributed by atoms with Crippen LogP contribution >= 0.6 is 0 Å². The molecular formula is C14H20N2. The van der Waals surface area contributed by atoms with E-state index in [9.17, 15) is 0 Å². The SMILES string of the molecule is C=C/C=C(\C=C/C)CC(C)n1cc(C)cn1. The summed E-state index contributed by atoms with van der Waals surface area (Å²) in [5.74, 6) is 0. The molecule has 0 fully saturated rings. The van der Waals surface area contributed by atoms with Gasteiger partial charge in [0.25, 0.3) is 0 Å². The van der Waals surface area contributed by atoms with Crippen molar-refractivity contribution in [3.05, 3.63) is 54.4 Å². The van der Waals surface area contributed by atoms with Gasteiger partial charge in [0, 0.05) is 6.20 Å².